The summed E-state index contributed by atoms with van der Waals surface area (Å²) in [6.45, 7) is 3.52. The zero-order valence-corrected chi connectivity index (χ0v) is 12.3. The van der Waals surface area contributed by atoms with Crippen LogP contribution >= 0.6 is 11.8 Å². The maximum absolute atomic E-state index is 12.3. The first kappa shape index (κ1) is 14.4. The van der Waals surface area contributed by atoms with E-state index in [9.17, 15) is 4.79 Å². The fraction of sp³-hybridized carbons (Fsp3) is 0.533. The number of thioether (sulfide) groups is 1. The molecule has 0 saturated carbocycles. The maximum atomic E-state index is 12.3. The average molecular weight is 278 g/mol. The second-order valence-electron chi connectivity index (χ2n) is 5.07. The summed E-state index contributed by atoms with van der Waals surface area (Å²) in [5.41, 5.74) is 7.00. The van der Waals surface area contributed by atoms with Crippen LogP contribution in [0.25, 0.3) is 0 Å². The Morgan fingerprint density at radius 3 is 2.79 bits per heavy atom. The normalized spacial score (nSPS) is 19.5. The molecule has 104 valence electrons. The number of nitrogens with two attached hydrogens (primary N) is 1. The van der Waals surface area contributed by atoms with Crippen molar-refractivity contribution in [2.45, 2.75) is 37.1 Å². The molecular weight excluding hydrogens is 256 g/mol. The van der Waals surface area contributed by atoms with Gasteiger partial charge in [-0.05, 0) is 38.3 Å². The fourth-order valence-electron chi connectivity index (χ4n) is 2.44. The molecule has 1 fully saturated rings. The Balaban J connectivity index is 1.87. The van der Waals surface area contributed by atoms with Gasteiger partial charge in [0.15, 0.2) is 0 Å². The van der Waals surface area contributed by atoms with E-state index in [0.717, 1.165) is 24.3 Å². The molecule has 0 radical (unpaired) electrons. The van der Waals surface area contributed by atoms with E-state index >= 15 is 0 Å². The van der Waals surface area contributed by atoms with Gasteiger partial charge in [0.25, 0.3) is 0 Å². The molecule has 1 aliphatic heterocycles. The molecule has 1 saturated heterocycles. The second kappa shape index (κ2) is 6.96. The predicted molar refractivity (Wildman–Crippen MR) is 80.3 cm³/mol. The van der Waals surface area contributed by atoms with E-state index in [1.807, 2.05) is 4.90 Å². The van der Waals surface area contributed by atoms with Gasteiger partial charge in [0.05, 0.1) is 5.75 Å². The molecular formula is C15H22N2OS. The standard InChI is InChI=1S/C15H22N2OS/c1-12-5-7-14(8-6-12)19-11-15(18)17-9-3-2-4-13(17)10-16/h5-8,13H,2-4,9-11,16H2,1H3. The highest BCUT2D eigenvalue weighted by atomic mass is 32.2. The van der Waals surface area contributed by atoms with Gasteiger partial charge in [0.2, 0.25) is 5.91 Å². The van der Waals surface area contributed by atoms with Crippen LogP contribution in [0.2, 0.25) is 0 Å². The van der Waals surface area contributed by atoms with Crippen molar-refractivity contribution in [1.82, 2.24) is 4.90 Å². The minimum absolute atomic E-state index is 0.223. The number of likely N-dealkylation sites (tertiary alicyclic amines) is 1. The molecule has 1 heterocycles. The van der Waals surface area contributed by atoms with E-state index in [4.69, 9.17) is 5.73 Å². The number of rotatable bonds is 4. The van der Waals surface area contributed by atoms with Gasteiger partial charge in [0, 0.05) is 24.0 Å². The Labute approximate surface area is 119 Å². The molecule has 0 spiro atoms. The van der Waals surface area contributed by atoms with Crippen molar-refractivity contribution < 1.29 is 4.79 Å². The molecule has 0 bridgehead atoms. The van der Waals surface area contributed by atoms with Crippen LogP contribution < -0.4 is 5.73 Å². The van der Waals surface area contributed by atoms with Crippen molar-refractivity contribution >= 4 is 17.7 Å². The number of hydrogen-bond acceptors (Lipinski definition) is 3. The Hall–Kier alpha value is -1.00. The van der Waals surface area contributed by atoms with Crippen LogP contribution in [0.5, 0.6) is 0 Å². The van der Waals surface area contributed by atoms with Crippen molar-refractivity contribution in [1.29, 1.82) is 0 Å². The first-order valence-electron chi connectivity index (χ1n) is 6.89. The molecule has 2 N–H and O–H groups in total. The molecule has 0 aromatic heterocycles. The smallest absolute Gasteiger partial charge is 0.233 e. The monoisotopic (exact) mass is 278 g/mol. The molecule has 1 atom stereocenters. The number of carbonyl (C=O) groups is 1. The highest BCUT2D eigenvalue weighted by Gasteiger charge is 2.25. The summed E-state index contributed by atoms with van der Waals surface area (Å²) < 4.78 is 0. The third-order valence-corrected chi connectivity index (χ3v) is 4.60. The average Bonchev–Trinajstić information content (AvgIpc) is 2.46. The minimum Gasteiger partial charge on any atom is -0.338 e. The highest BCUT2D eigenvalue weighted by molar-refractivity contribution is 8.00. The largest absolute Gasteiger partial charge is 0.338 e. The quantitative estimate of drug-likeness (QED) is 0.860. The topological polar surface area (TPSA) is 46.3 Å². The van der Waals surface area contributed by atoms with Crippen molar-refractivity contribution in [2.75, 3.05) is 18.8 Å². The summed E-state index contributed by atoms with van der Waals surface area (Å²) in [7, 11) is 0. The van der Waals surface area contributed by atoms with Crippen LogP contribution in [0, 0.1) is 6.92 Å². The molecule has 1 aromatic carbocycles. The number of benzene rings is 1. The summed E-state index contributed by atoms with van der Waals surface area (Å²) >= 11 is 1.61. The van der Waals surface area contributed by atoms with E-state index in [1.165, 1.54) is 12.0 Å². The van der Waals surface area contributed by atoms with Crippen molar-refractivity contribution in [3.05, 3.63) is 29.8 Å². The van der Waals surface area contributed by atoms with Crippen LogP contribution in [0.15, 0.2) is 29.2 Å². The van der Waals surface area contributed by atoms with Gasteiger partial charge in [-0.25, -0.2) is 0 Å². The lowest BCUT2D eigenvalue weighted by atomic mass is 10.0. The number of piperidine rings is 1. The second-order valence-corrected chi connectivity index (χ2v) is 6.12. The number of nitrogens with zero attached hydrogens (tertiary/aromatic N) is 1. The predicted octanol–water partition coefficient (Wildman–Crippen LogP) is 2.43. The molecule has 0 aliphatic carbocycles. The van der Waals surface area contributed by atoms with Gasteiger partial charge >= 0.3 is 0 Å². The molecule has 3 nitrogen and oxygen atoms in total. The Morgan fingerprint density at radius 2 is 2.11 bits per heavy atom. The van der Waals surface area contributed by atoms with E-state index in [1.54, 1.807) is 11.8 Å². The SMILES string of the molecule is Cc1ccc(SCC(=O)N2CCCCC2CN)cc1. The van der Waals surface area contributed by atoms with Gasteiger partial charge < -0.3 is 10.6 Å². The number of carbonyl (C=O) groups excluding carboxylic acids is 1. The van der Waals surface area contributed by atoms with Gasteiger partial charge in [-0.2, -0.15) is 0 Å². The lowest BCUT2D eigenvalue weighted by Gasteiger charge is -2.35. The third-order valence-electron chi connectivity index (χ3n) is 3.60. The lowest BCUT2D eigenvalue weighted by molar-refractivity contribution is -0.131. The summed E-state index contributed by atoms with van der Waals surface area (Å²) in [5.74, 6) is 0.736. The van der Waals surface area contributed by atoms with Crippen LogP contribution in [0.4, 0.5) is 0 Å². The van der Waals surface area contributed by atoms with Crippen LogP contribution in [-0.2, 0) is 4.79 Å². The molecule has 4 heteroatoms. The maximum Gasteiger partial charge on any atom is 0.233 e. The van der Waals surface area contributed by atoms with E-state index < -0.39 is 0 Å². The van der Waals surface area contributed by atoms with E-state index in [2.05, 4.69) is 31.2 Å². The van der Waals surface area contributed by atoms with Crippen molar-refractivity contribution in [3.8, 4) is 0 Å². The fourth-order valence-corrected chi connectivity index (χ4v) is 3.22. The lowest BCUT2D eigenvalue weighted by Crippen LogP contribution is -2.48. The molecule has 2 rings (SSSR count). The Kier molecular flexibility index (Phi) is 5.28. The van der Waals surface area contributed by atoms with Crippen LogP contribution in [0.3, 0.4) is 0 Å². The zero-order chi connectivity index (χ0) is 13.7. The van der Waals surface area contributed by atoms with Gasteiger partial charge in [-0.15, -0.1) is 11.8 Å². The van der Waals surface area contributed by atoms with E-state index in [0.29, 0.717) is 12.3 Å². The molecule has 1 aromatic rings. The first-order chi connectivity index (χ1) is 9.20. The summed E-state index contributed by atoms with van der Waals surface area (Å²) in [5, 5.41) is 0. The highest BCUT2D eigenvalue weighted by Crippen LogP contribution is 2.21. The Morgan fingerprint density at radius 1 is 1.37 bits per heavy atom. The number of hydrogen-bond donors (Lipinski definition) is 1. The Bertz CT molecular complexity index is 419. The molecule has 1 amide bonds. The summed E-state index contributed by atoms with van der Waals surface area (Å²) in [4.78, 5) is 15.4. The molecule has 19 heavy (non-hydrogen) atoms. The summed E-state index contributed by atoms with van der Waals surface area (Å²) in [6.07, 6.45) is 3.35. The minimum atomic E-state index is 0.223. The number of amides is 1. The summed E-state index contributed by atoms with van der Waals surface area (Å²) in [6, 6.07) is 8.56. The van der Waals surface area contributed by atoms with E-state index in [-0.39, 0.29) is 11.9 Å². The van der Waals surface area contributed by atoms with Gasteiger partial charge in [-0.1, -0.05) is 17.7 Å². The number of aryl methyl sites for hydroxylation is 1. The first-order valence-corrected chi connectivity index (χ1v) is 7.88. The van der Waals surface area contributed by atoms with Gasteiger partial charge in [-0.3, -0.25) is 4.79 Å². The molecule has 1 aliphatic rings. The molecule has 1 unspecified atom stereocenters. The third kappa shape index (κ3) is 3.98. The van der Waals surface area contributed by atoms with Crippen molar-refractivity contribution in [2.24, 2.45) is 5.73 Å². The van der Waals surface area contributed by atoms with Crippen LogP contribution in [-0.4, -0.2) is 35.7 Å². The van der Waals surface area contributed by atoms with Crippen LogP contribution in [0.1, 0.15) is 24.8 Å². The zero-order valence-electron chi connectivity index (χ0n) is 11.5. The van der Waals surface area contributed by atoms with Gasteiger partial charge in [0.1, 0.15) is 0 Å². The van der Waals surface area contributed by atoms with Crippen molar-refractivity contribution in [3.63, 3.8) is 0 Å².